The molecule has 10 nitrogen and oxygen atoms in total. The Morgan fingerprint density at radius 2 is 2.15 bits per heavy atom. The number of hydrogen-bond acceptors (Lipinski definition) is 6. The van der Waals surface area contributed by atoms with E-state index < -0.39 is 34.8 Å². The van der Waals surface area contributed by atoms with Gasteiger partial charge in [-0.2, -0.15) is 5.10 Å². The van der Waals surface area contributed by atoms with Crippen LogP contribution in [0, 0.1) is 10.1 Å². The van der Waals surface area contributed by atoms with Gasteiger partial charge in [0.1, 0.15) is 24.1 Å². The molecule has 0 spiro atoms. The minimum Gasteiger partial charge on any atom is -0.465 e. The van der Waals surface area contributed by atoms with E-state index in [1.165, 1.54) is 22.9 Å². The normalized spacial score (nSPS) is 24.1. The van der Waals surface area contributed by atoms with Crippen LogP contribution in [0.2, 0.25) is 0 Å². The third-order valence-electron chi connectivity index (χ3n) is 4.64. The van der Waals surface area contributed by atoms with Gasteiger partial charge in [-0.1, -0.05) is 0 Å². The number of ether oxygens (including phenoxy) is 2. The summed E-state index contributed by atoms with van der Waals surface area (Å²) < 4.78 is 12.8. The smallest absolute Gasteiger partial charge is 0.408 e. The van der Waals surface area contributed by atoms with E-state index in [0.717, 1.165) is 0 Å². The zero-order valence-corrected chi connectivity index (χ0v) is 15.7. The molecular formula is C16H26N4O6. The monoisotopic (exact) mass is 370 g/mol. The van der Waals surface area contributed by atoms with Crippen LogP contribution in [0.1, 0.15) is 45.4 Å². The van der Waals surface area contributed by atoms with Gasteiger partial charge in [0, 0.05) is 19.7 Å². The van der Waals surface area contributed by atoms with Crippen LogP contribution >= 0.6 is 0 Å². The molecule has 2 rings (SSSR count). The molecule has 0 radical (unpaired) electrons. The largest absolute Gasteiger partial charge is 0.465 e. The van der Waals surface area contributed by atoms with Crippen LogP contribution in [0.5, 0.6) is 0 Å². The molecule has 1 aliphatic heterocycles. The average molecular weight is 370 g/mol. The third-order valence-corrected chi connectivity index (χ3v) is 4.64. The van der Waals surface area contributed by atoms with E-state index in [-0.39, 0.29) is 12.3 Å². The molecule has 3 atom stereocenters. The van der Waals surface area contributed by atoms with Gasteiger partial charge in [0.15, 0.2) is 0 Å². The maximum absolute atomic E-state index is 11.9. The van der Waals surface area contributed by atoms with Crippen molar-refractivity contribution in [2.45, 2.75) is 57.4 Å². The topological polar surface area (TPSA) is 120 Å². The quantitative estimate of drug-likeness (QED) is 0.638. The standard InChI is InChI=1S/C16H26N4O6/c1-16(2,3)19(15(21)22)10-6-7-12(26-9-13(10)25-5)14-11(20(23)24)8-17-18(14)4/h8,10,12-13H,6-7,9H2,1-5H3,(H,21,22). The van der Waals surface area contributed by atoms with Crippen molar-refractivity contribution >= 4 is 11.8 Å². The molecule has 1 aliphatic rings. The highest BCUT2D eigenvalue weighted by Gasteiger charge is 2.41. The second kappa shape index (κ2) is 7.58. The van der Waals surface area contributed by atoms with E-state index in [1.54, 1.807) is 7.05 Å². The van der Waals surface area contributed by atoms with Gasteiger partial charge >= 0.3 is 11.8 Å². The van der Waals surface area contributed by atoms with E-state index in [4.69, 9.17) is 9.47 Å². The van der Waals surface area contributed by atoms with Crippen LogP contribution in [0.25, 0.3) is 0 Å². The molecule has 0 aliphatic carbocycles. The fourth-order valence-corrected chi connectivity index (χ4v) is 3.53. The molecule has 2 heterocycles. The van der Waals surface area contributed by atoms with Gasteiger partial charge in [-0.25, -0.2) is 4.79 Å². The van der Waals surface area contributed by atoms with Crippen molar-refractivity contribution in [2.24, 2.45) is 7.05 Å². The highest BCUT2D eigenvalue weighted by atomic mass is 16.6. The van der Waals surface area contributed by atoms with E-state index in [2.05, 4.69) is 5.10 Å². The first-order chi connectivity index (χ1) is 12.1. The lowest BCUT2D eigenvalue weighted by molar-refractivity contribution is -0.386. The molecule has 146 valence electrons. The summed E-state index contributed by atoms with van der Waals surface area (Å²) in [5.41, 5.74) is -0.343. The van der Waals surface area contributed by atoms with E-state index in [1.807, 2.05) is 20.8 Å². The van der Waals surface area contributed by atoms with Crippen molar-refractivity contribution in [3.05, 3.63) is 22.0 Å². The molecule has 1 N–H and O–H groups in total. The third kappa shape index (κ3) is 3.96. The van der Waals surface area contributed by atoms with Crippen molar-refractivity contribution in [2.75, 3.05) is 13.7 Å². The Balaban J connectivity index is 2.33. The van der Waals surface area contributed by atoms with Gasteiger partial charge < -0.3 is 14.6 Å². The lowest BCUT2D eigenvalue weighted by Gasteiger charge is -2.41. The van der Waals surface area contributed by atoms with Crippen LogP contribution < -0.4 is 0 Å². The van der Waals surface area contributed by atoms with Crippen molar-refractivity contribution in [3.63, 3.8) is 0 Å². The molecule has 1 fully saturated rings. The van der Waals surface area contributed by atoms with Crippen LogP contribution in [0.15, 0.2) is 6.20 Å². The number of nitrogens with zero attached hydrogens (tertiary/aromatic N) is 4. The fraction of sp³-hybridized carbons (Fsp3) is 0.750. The van der Waals surface area contributed by atoms with Crippen LogP contribution in [0.3, 0.4) is 0 Å². The van der Waals surface area contributed by atoms with E-state index in [9.17, 15) is 20.0 Å². The summed E-state index contributed by atoms with van der Waals surface area (Å²) in [6.07, 6.45) is 0.0197. The van der Waals surface area contributed by atoms with Crippen molar-refractivity contribution in [1.82, 2.24) is 14.7 Å². The lowest BCUT2D eigenvalue weighted by atomic mass is 9.96. The van der Waals surface area contributed by atoms with E-state index >= 15 is 0 Å². The molecule has 1 aromatic rings. The molecule has 1 aromatic heterocycles. The van der Waals surface area contributed by atoms with E-state index in [0.29, 0.717) is 18.5 Å². The number of aromatic nitrogens is 2. The summed E-state index contributed by atoms with van der Waals surface area (Å²) in [5.74, 6) is 0. The number of hydrogen-bond donors (Lipinski definition) is 1. The number of methoxy groups -OCH3 is 1. The SMILES string of the molecule is COC1COC(c2c([N+](=O)[O-])cnn2C)CCC1N(C(=O)O)C(C)(C)C. The summed E-state index contributed by atoms with van der Waals surface area (Å²) in [6.45, 7) is 5.60. The molecule has 26 heavy (non-hydrogen) atoms. The zero-order valence-electron chi connectivity index (χ0n) is 15.7. The first-order valence-electron chi connectivity index (χ1n) is 8.40. The number of aryl methyl sites for hydroxylation is 1. The maximum Gasteiger partial charge on any atom is 0.408 e. The molecular weight excluding hydrogens is 344 g/mol. The minimum atomic E-state index is -1.03. The Hall–Kier alpha value is -2.20. The Kier molecular flexibility index (Phi) is 5.87. The molecule has 0 aromatic carbocycles. The van der Waals surface area contributed by atoms with Crippen LogP contribution in [-0.4, -0.2) is 62.2 Å². The molecule has 10 heteroatoms. The Morgan fingerprint density at radius 3 is 2.65 bits per heavy atom. The predicted octanol–water partition coefficient (Wildman–Crippen LogP) is 2.34. The van der Waals surface area contributed by atoms with Crippen molar-refractivity contribution in [1.29, 1.82) is 0 Å². The molecule has 1 amide bonds. The highest BCUT2D eigenvalue weighted by molar-refractivity contribution is 5.66. The van der Waals surface area contributed by atoms with Crippen LogP contribution in [0.4, 0.5) is 10.5 Å². The highest BCUT2D eigenvalue weighted by Crippen LogP contribution is 2.36. The van der Waals surface area contributed by atoms with Gasteiger partial charge in [-0.15, -0.1) is 0 Å². The number of amides is 1. The summed E-state index contributed by atoms with van der Waals surface area (Å²) >= 11 is 0. The van der Waals surface area contributed by atoms with Gasteiger partial charge in [-0.05, 0) is 33.6 Å². The number of rotatable bonds is 4. The number of carboxylic acid groups (broad SMARTS) is 1. The first kappa shape index (κ1) is 20.1. The molecule has 3 unspecified atom stereocenters. The summed E-state index contributed by atoms with van der Waals surface area (Å²) in [5, 5.41) is 24.9. The fourth-order valence-electron chi connectivity index (χ4n) is 3.53. The average Bonchev–Trinajstić information content (AvgIpc) is 2.78. The summed E-state index contributed by atoms with van der Waals surface area (Å²) in [6, 6.07) is -0.421. The molecule has 1 saturated heterocycles. The zero-order chi connectivity index (χ0) is 19.6. The van der Waals surface area contributed by atoms with Crippen LogP contribution in [-0.2, 0) is 16.5 Å². The number of nitro groups is 1. The van der Waals surface area contributed by atoms with Gasteiger partial charge in [-0.3, -0.25) is 19.7 Å². The minimum absolute atomic E-state index is 0.101. The Labute approximate surface area is 151 Å². The van der Waals surface area contributed by atoms with Crippen molar-refractivity contribution in [3.8, 4) is 0 Å². The maximum atomic E-state index is 11.9. The summed E-state index contributed by atoms with van der Waals surface area (Å²) in [7, 11) is 3.14. The molecule has 0 bridgehead atoms. The van der Waals surface area contributed by atoms with Gasteiger partial charge in [0.2, 0.25) is 0 Å². The molecule has 0 saturated carbocycles. The number of carbonyl (C=O) groups is 1. The Morgan fingerprint density at radius 1 is 1.50 bits per heavy atom. The lowest BCUT2D eigenvalue weighted by Crippen LogP contribution is -2.56. The van der Waals surface area contributed by atoms with Crippen molar-refractivity contribution < 1.29 is 24.3 Å². The van der Waals surface area contributed by atoms with Gasteiger partial charge in [0.25, 0.3) is 0 Å². The first-order valence-corrected chi connectivity index (χ1v) is 8.40. The Bertz CT molecular complexity index is 668. The predicted molar refractivity (Wildman–Crippen MR) is 92.0 cm³/mol. The second-order valence-corrected chi connectivity index (χ2v) is 7.36. The van der Waals surface area contributed by atoms with Gasteiger partial charge in [0.05, 0.1) is 17.6 Å². The summed E-state index contributed by atoms with van der Waals surface area (Å²) in [4.78, 5) is 24.0. The second-order valence-electron chi connectivity index (χ2n) is 7.36.